The van der Waals surface area contributed by atoms with Crippen molar-refractivity contribution in [3.8, 4) is 0 Å². The van der Waals surface area contributed by atoms with Gasteiger partial charge in [0.2, 0.25) is 0 Å². The smallest absolute Gasteiger partial charge is 0.0811 e. The Morgan fingerprint density at radius 1 is 1.57 bits per heavy atom. The topological polar surface area (TPSA) is 23.5 Å². The van der Waals surface area contributed by atoms with E-state index in [1.165, 1.54) is 6.61 Å². The molecule has 0 saturated heterocycles. The zero-order valence-electron chi connectivity index (χ0n) is 4.89. The predicted molar refractivity (Wildman–Crippen MR) is 29.4 cm³/mol. The molecule has 0 heterocycles. The number of aliphatic hydroxyl groups excluding tert-OH is 1. The van der Waals surface area contributed by atoms with E-state index in [2.05, 4.69) is 0 Å². The molecule has 0 aliphatic carbocycles. The first kappa shape index (κ1) is 6.92. The van der Waals surface area contributed by atoms with Crippen LogP contribution in [0.4, 0.5) is 0 Å². The number of hydrogen-bond donors (Lipinski definition) is 1. The Morgan fingerprint density at radius 3 is 2.29 bits per heavy atom. The zero-order valence-corrected chi connectivity index (χ0v) is 4.89. The van der Waals surface area contributed by atoms with Crippen LogP contribution in [0, 0.1) is 6.61 Å². The van der Waals surface area contributed by atoms with Crippen LogP contribution in [0.3, 0.4) is 0 Å². The number of hydrogen-bond acceptors (Lipinski definition) is 2. The fourth-order valence-electron chi connectivity index (χ4n) is 0.316. The molecule has 0 bridgehead atoms. The van der Waals surface area contributed by atoms with E-state index in [4.69, 9.17) is 5.11 Å². The second-order valence-electron chi connectivity index (χ2n) is 1.77. The van der Waals surface area contributed by atoms with E-state index < -0.39 is 0 Å². The lowest BCUT2D eigenvalue weighted by Gasteiger charge is -2.05. The van der Waals surface area contributed by atoms with Gasteiger partial charge in [0.1, 0.15) is 0 Å². The molecule has 0 saturated carbocycles. The van der Waals surface area contributed by atoms with Crippen LogP contribution in [-0.4, -0.2) is 30.6 Å². The minimum Gasteiger partial charge on any atom is -0.390 e. The summed E-state index contributed by atoms with van der Waals surface area (Å²) in [5.74, 6) is 0. The molecular formula is C5H12NO. The molecule has 0 aromatic heterocycles. The highest BCUT2D eigenvalue weighted by molar-refractivity contribution is 4.49. The Balaban J connectivity index is 2.68. The zero-order chi connectivity index (χ0) is 5.70. The monoisotopic (exact) mass is 102 g/mol. The summed E-state index contributed by atoms with van der Waals surface area (Å²) < 4.78 is 0. The van der Waals surface area contributed by atoms with Crippen molar-refractivity contribution in [2.45, 2.75) is 6.42 Å². The summed E-state index contributed by atoms with van der Waals surface area (Å²) >= 11 is 0. The van der Waals surface area contributed by atoms with Crippen LogP contribution in [0.1, 0.15) is 6.42 Å². The Kier molecular flexibility index (Phi) is 4.04. The standard InChI is InChI=1S/C5H12NO/c1-6(2)4-3-5-7/h5,7H,3-4H2,1-2H3. The second-order valence-corrected chi connectivity index (χ2v) is 1.77. The predicted octanol–water partition coefficient (Wildman–Crippen LogP) is 0.472. The largest absolute Gasteiger partial charge is 0.390 e. The molecule has 2 nitrogen and oxygen atoms in total. The SMILES string of the molecule is CN(C)CC[CH]O. The van der Waals surface area contributed by atoms with Gasteiger partial charge >= 0.3 is 0 Å². The van der Waals surface area contributed by atoms with Gasteiger partial charge in [0.15, 0.2) is 0 Å². The molecule has 0 unspecified atom stereocenters. The minimum atomic E-state index is 0.757. The molecule has 0 atom stereocenters. The molecule has 0 rings (SSSR count). The highest BCUT2D eigenvalue weighted by Crippen LogP contribution is 1.82. The van der Waals surface area contributed by atoms with Gasteiger partial charge in [-0.2, -0.15) is 0 Å². The van der Waals surface area contributed by atoms with Gasteiger partial charge in [0.25, 0.3) is 0 Å². The summed E-state index contributed by atoms with van der Waals surface area (Å²) in [6, 6.07) is 0. The second kappa shape index (κ2) is 4.09. The highest BCUT2D eigenvalue weighted by atomic mass is 16.3. The van der Waals surface area contributed by atoms with E-state index in [9.17, 15) is 0 Å². The third-order valence-electron chi connectivity index (χ3n) is 0.705. The quantitative estimate of drug-likeness (QED) is 0.560. The maximum absolute atomic E-state index is 8.16. The van der Waals surface area contributed by atoms with Crippen LogP contribution in [0.5, 0.6) is 0 Å². The Morgan fingerprint density at radius 2 is 2.14 bits per heavy atom. The van der Waals surface area contributed by atoms with Crippen LogP contribution >= 0.6 is 0 Å². The molecule has 0 fully saturated rings. The molecule has 43 valence electrons. The molecular weight excluding hydrogens is 90.1 g/mol. The van der Waals surface area contributed by atoms with Gasteiger partial charge in [-0.05, 0) is 20.5 Å². The Bertz CT molecular complexity index is 37.1. The number of nitrogens with zero attached hydrogens (tertiary/aromatic N) is 1. The van der Waals surface area contributed by atoms with E-state index in [1.807, 2.05) is 19.0 Å². The van der Waals surface area contributed by atoms with Crippen LogP contribution in [0.15, 0.2) is 0 Å². The lowest BCUT2D eigenvalue weighted by Crippen LogP contribution is -2.12. The summed E-state index contributed by atoms with van der Waals surface area (Å²) in [6.07, 6.45) is 0.757. The van der Waals surface area contributed by atoms with Gasteiger partial charge in [-0.25, -0.2) is 0 Å². The van der Waals surface area contributed by atoms with E-state index in [0.717, 1.165) is 13.0 Å². The van der Waals surface area contributed by atoms with Crippen LogP contribution in [-0.2, 0) is 0 Å². The summed E-state index contributed by atoms with van der Waals surface area (Å²) in [4.78, 5) is 2.02. The van der Waals surface area contributed by atoms with Crippen molar-refractivity contribution in [2.24, 2.45) is 0 Å². The van der Waals surface area contributed by atoms with Crippen molar-refractivity contribution < 1.29 is 5.11 Å². The van der Waals surface area contributed by atoms with E-state index in [0.29, 0.717) is 0 Å². The van der Waals surface area contributed by atoms with Crippen molar-refractivity contribution in [1.82, 2.24) is 4.90 Å². The van der Waals surface area contributed by atoms with Crippen molar-refractivity contribution in [2.75, 3.05) is 20.6 Å². The molecule has 0 aromatic carbocycles. The lowest BCUT2D eigenvalue weighted by molar-refractivity contribution is 0.331. The molecule has 0 amide bonds. The molecule has 0 aliphatic heterocycles. The van der Waals surface area contributed by atoms with Crippen LogP contribution in [0.2, 0.25) is 0 Å². The fraction of sp³-hybridized carbons (Fsp3) is 0.800. The summed E-state index contributed by atoms with van der Waals surface area (Å²) in [7, 11) is 3.95. The van der Waals surface area contributed by atoms with Gasteiger partial charge in [-0.3, -0.25) is 0 Å². The summed E-state index contributed by atoms with van der Waals surface area (Å²) in [6.45, 7) is 2.11. The fourth-order valence-corrected chi connectivity index (χ4v) is 0.316. The van der Waals surface area contributed by atoms with Gasteiger partial charge in [0, 0.05) is 6.54 Å². The van der Waals surface area contributed by atoms with E-state index in [-0.39, 0.29) is 0 Å². The number of aliphatic hydroxyl groups is 1. The molecule has 2 heteroatoms. The average molecular weight is 102 g/mol. The van der Waals surface area contributed by atoms with Crippen molar-refractivity contribution in [3.63, 3.8) is 0 Å². The third-order valence-corrected chi connectivity index (χ3v) is 0.705. The van der Waals surface area contributed by atoms with Gasteiger partial charge in [0.05, 0.1) is 6.61 Å². The lowest BCUT2D eigenvalue weighted by atomic mass is 10.4. The number of rotatable bonds is 3. The maximum atomic E-state index is 8.16. The molecule has 0 aliphatic rings. The van der Waals surface area contributed by atoms with Crippen molar-refractivity contribution in [1.29, 1.82) is 0 Å². The van der Waals surface area contributed by atoms with E-state index >= 15 is 0 Å². The minimum absolute atomic E-state index is 0.757. The Hall–Kier alpha value is -0.0800. The Labute approximate surface area is 44.8 Å². The highest BCUT2D eigenvalue weighted by Gasteiger charge is 1.85. The van der Waals surface area contributed by atoms with Gasteiger partial charge < -0.3 is 10.0 Å². The first-order valence-electron chi connectivity index (χ1n) is 2.38. The maximum Gasteiger partial charge on any atom is 0.0811 e. The van der Waals surface area contributed by atoms with Gasteiger partial charge in [-0.15, -0.1) is 0 Å². The van der Waals surface area contributed by atoms with Crippen molar-refractivity contribution >= 4 is 0 Å². The third kappa shape index (κ3) is 5.92. The first-order valence-corrected chi connectivity index (χ1v) is 2.38. The molecule has 1 N–H and O–H groups in total. The summed E-state index contributed by atoms with van der Waals surface area (Å²) in [5, 5.41) is 8.16. The molecule has 1 radical (unpaired) electrons. The first-order chi connectivity index (χ1) is 3.27. The van der Waals surface area contributed by atoms with Crippen molar-refractivity contribution in [3.05, 3.63) is 6.61 Å². The van der Waals surface area contributed by atoms with E-state index in [1.54, 1.807) is 0 Å². The van der Waals surface area contributed by atoms with Crippen LogP contribution in [0.25, 0.3) is 0 Å². The molecule has 0 aromatic rings. The molecule has 7 heavy (non-hydrogen) atoms. The van der Waals surface area contributed by atoms with Crippen LogP contribution < -0.4 is 0 Å². The summed E-state index contributed by atoms with van der Waals surface area (Å²) in [5.41, 5.74) is 0. The normalized spacial score (nSPS) is 10.3. The molecule has 0 spiro atoms. The average Bonchev–Trinajstić information content (AvgIpc) is 1.61. The van der Waals surface area contributed by atoms with Gasteiger partial charge in [-0.1, -0.05) is 0 Å².